The van der Waals surface area contributed by atoms with E-state index in [4.69, 9.17) is 5.73 Å². The second kappa shape index (κ2) is 3.09. The van der Waals surface area contributed by atoms with Gasteiger partial charge in [0.15, 0.2) is 0 Å². The molecule has 0 aromatic heterocycles. The van der Waals surface area contributed by atoms with Crippen LogP contribution >= 0.6 is 0 Å². The van der Waals surface area contributed by atoms with Crippen LogP contribution in [-0.2, 0) is 11.2 Å². The Labute approximate surface area is 76.9 Å². The molecule has 1 aromatic rings. The molecule has 0 atom stereocenters. The van der Waals surface area contributed by atoms with E-state index in [-0.39, 0.29) is 5.91 Å². The molecular weight excluding hydrogens is 164 g/mol. The Hall–Kier alpha value is -1.51. The van der Waals surface area contributed by atoms with Gasteiger partial charge in [-0.1, -0.05) is 12.1 Å². The van der Waals surface area contributed by atoms with Crippen LogP contribution in [0.15, 0.2) is 18.2 Å². The van der Waals surface area contributed by atoms with E-state index in [2.05, 4.69) is 5.32 Å². The van der Waals surface area contributed by atoms with Gasteiger partial charge in [-0.25, -0.2) is 0 Å². The number of rotatable bonds is 0. The van der Waals surface area contributed by atoms with Gasteiger partial charge in [-0.2, -0.15) is 0 Å². The highest BCUT2D eigenvalue weighted by molar-refractivity contribution is 5.95. The number of carbonyl (C=O) groups excluding carboxylic acids is 1. The normalized spacial score (nSPS) is 15.8. The molecule has 0 bridgehead atoms. The summed E-state index contributed by atoms with van der Waals surface area (Å²) in [5.41, 5.74) is 8.37. The van der Waals surface area contributed by atoms with Crippen molar-refractivity contribution in [2.75, 3.05) is 11.1 Å². The number of para-hydroxylation sites is 1. The third-order valence-corrected chi connectivity index (χ3v) is 2.30. The molecule has 0 radical (unpaired) electrons. The molecule has 0 aliphatic carbocycles. The Morgan fingerprint density at radius 1 is 1.31 bits per heavy atom. The molecule has 0 unspecified atom stereocenters. The molecule has 3 heteroatoms. The summed E-state index contributed by atoms with van der Waals surface area (Å²) in [4.78, 5) is 11.2. The second-order valence-electron chi connectivity index (χ2n) is 3.28. The van der Waals surface area contributed by atoms with Crippen LogP contribution in [0.1, 0.15) is 18.4 Å². The van der Waals surface area contributed by atoms with Crippen molar-refractivity contribution in [3.8, 4) is 0 Å². The lowest BCUT2D eigenvalue weighted by Crippen LogP contribution is -2.10. The maximum absolute atomic E-state index is 11.2. The number of nitrogen functional groups attached to an aromatic ring is 1. The summed E-state index contributed by atoms with van der Waals surface area (Å²) in [7, 11) is 0. The number of benzene rings is 1. The van der Waals surface area contributed by atoms with Gasteiger partial charge in [-0.15, -0.1) is 0 Å². The van der Waals surface area contributed by atoms with Gasteiger partial charge in [0.1, 0.15) is 0 Å². The Kier molecular flexibility index (Phi) is 1.93. The molecule has 0 fully saturated rings. The van der Waals surface area contributed by atoms with Crippen LogP contribution in [0, 0.1) is 0 Å². The van der Waals surface area contributed by atoms with E-state index in [1.54, 1.807) is 0 Å². The Morgan fingerprint density at radius 3 is 3.00 bits per heavy atom. The van der Waals surface area contributed by atoms with Gasteiger partial charge >= 0.3 is 0 Å². The lowest BCUT2D eigenvalue weighted by Gasteiger charge is -2.08. The SMILES string of the molecule is Nc1cccc2c1NC(=O)CCC2. The molecule has 3 nitrogen and oxygen atoms in total. The van der Waals surface area contributed by atoms with Gasteiger partial charge in [0.2, 0.25) is 5.91 Å². The van der Waals surface area contributed by atoms with Crippen molar-refractivity contribution in [2.24, 2.45) is 0 Å². The van der Waals surface area contributed by atoms with Crippen molar-refractivity contribution in [2.45, 2.75) is 19.3 Å². The molecule has 0 spiro atoms. The highest BCUT2D eigenvalue weighted by Gasteiger charge is 2.13. The molecule has 13 heavy (non-hydrogen) atoms. The zero-order valence-corrected chi connectivity index (χ0v) is 7.34. The van der Waals surface area contributed by atoms with Crippen LogP contribution in [0.3, 0.4) is 0 Å². The summed E-state index contributed by atoms with van der Waals surface area (Å²) in [5.74, 6) is 0.0663. The minimum absolute atomic E-state index is 0.0663. The highest BCUT2D eigenvalue weighted by atomic mass is 16.1. The molecule has 0 saturated heterocycles. The summed E-state index contributed by atoms with van der Waals surface area (Å²) in [6, 6.07) is 5.74. The van der Waals surface area contributed by atoms with Crippen molar-refractivity contribution in [3.63, 3.8) is 0 Å². The Bertz CT molecular complexity index is 347. The number of nitrogens with one attached hydrogen (secondary N) is 1. The largest absolute Gasteiger partial charge is 0.397 e. The predicted molar refractivity (Wildman–Crippen MR) is 52.4 cm³/mol. The standard InChI is InChI=1S/C10H12N2O/c11-8-5-1-3-7-4-2-6-9(13)12-10(7)8/h1,3,5H,2,4,6,11H2,(H,12,13). The van der Waals surface area contributed by atoms with E-state index in [0.29, 0.717) is 12.1 Å². The van der Waals surface area contributed by atoms with E-state index in [0.717, 1.165) is 24.1 Å². The molecular formula is C10H12N2O. The average molecular weight is 176 g/mol. The minimum atomic E-state index is 0.0663. The Morgan fingerprint density at radius 2 is 2.15 bits per heavy atom. The first-order valence-corrected chi connectivity index (χ1v) is 4.44. The highest BCUT2D eigenvalue weighted by Crippen LogP contribution is 2.27. The molecule has 0 saturated carbocycles. The van der Waals surface area contributed by atoms with Crippen LogP contribution < -0.4 is 11.1 Å². The molecule has 1 aromatic carbocycles. The van der Waals surface area contributed by atoms with E-state index in [1.165, 1.54) is 0 Å². The first-order valence-electron chi connectivity index (χ1n) is 4.44. The number of anilines is 2. The number of aryl methyl sites for hydroxylation is 1. The van der Waals surface area contributed by atoms with Crippen LogP contribution in [0.25, 0.3) is 0 Å². The molecule has 2 rings (SSSR count). The van der Waals surface area contributed by atoms with Gasteiger partial charge in [0.05, 0.1) is 11.4 Å². The maximum atomic E-state index is 11.2. The fraction of sp³-hybridized carbons (Fsp3) is 0.300. The number of hydrogen-bond acceptors (Lipinski definition) is 2. The quantitative estimate of drug-likeness (QED) is 0.589. The lowest BCUT2D eigenvalue weighted by atomic mass is 10.1. The molecule has 68 valence electrons. The second-order valence-corrected chi connectivity index (χ2v) is 3.28. The van der Waals surface area contributed by atoms with Crippen LogP contribution in [-0.4, -0.2) is 5.91 Å². The van der Waals surface area contributed by atoms with E-state index < -0.39 is 0 Å². The number of hydrogen-bond donors (Lipinski definition) is 2. The monoisotopic (exact) mass is 176 g/mol. The topological polar surface area (TPSA) is 55.1 Å². The summed E-state index contributed by atoms with van der Waals surface area (Å²) in [6.07, 6.45) is 2.43. The maximum Gasteiger partial charge on any atom is 0.224 e. The van der Waals surface area contributed by atoms with E-state index >= 15 is 0 Å². The third-order valence-electron chi connectivity index (χ3n) is 2.30. The van der Waals surface area contributed by atoms with Crippen LogP contribution in [0.5, 0.6) is 0 Å². The smallest absolute Gasteiger partial charge is 0.224 e. The van der Waals surface area contributed by atoms with E-state index in [9.17, 15) is 4.79 Å². The van der Waals surface area contributed by atoms with Gasteiger partial charge < -0.3 is 11.1 Å². The van der Waals surface area contributed by atoms with Gasteiger partial charge in [0.25, 0.3) is 0 Å². The van der Waals surface area contributed by atoms with Gasteiger partial charge in [-0.3, -0.25) is 4.79 Å². The van der Waals surface area contributed by atoms with E-state index in [1.807, 2.05) is 18.2 Å². The number of carbonyl (C=O) groups is 1. The predicted octanol–water partition coefficient (Wildman–Crippen LogP) is 1.54. The third kappa shape index (κ3) is 1.49. The van der Waals surface area contributed by atoms with Gasteiger partial charge in [-0.05, 0) is 24.5 Å². The fourth-order valence-electron chi connectivity index (χ4n) is 1.62. The van der Waals surface area contributed by atoms with Crippen molar-refractivity contribution < 1.29 is 4.79 Å². The molecule has 1 aliphatic heterocycles. The van der Waals surface area contributed by atoms with Crippen molar-refractivity contribution in [3.05, 3.63) is 23.8 Å². The molecule has 1 aliphatic rings. The average Bonchev–Trinajstić information content (AvgIpc) is 2.28. The minimum Gasteiger partial charge on any atom is -0.397 e. The molecule has 1 amide bonds. The van der Waals surface area contributed by atoms with Crippen molar-refractivity contribution >= 4 is 17.3 Å². The van der Waals surface area contributed by atoms with Crippen molar-refractivity contribution in [1.82, 2.24) is 0 Å². The zero-order chi connectivity index (χ0) is 9.26. The van der Waals surface area contributed by atoms with Crippen LogP contribution in [0.2, 0.25) is 0 Å². The summed E-state index contributed by atoms with van der Waals surface area (Å²) in [5, 5.41) is 2.83. The van der Waals surface area contributed by atoms with Gasteiger partial charge in [0, 0.05) is 6.42 Å². The number of amides is 1. The summed E-state index contributed by atoms with van der Waals surface area (Å²) in [6.45, 7) is 0. The number of fused-ring (bicyclic) bond motifs is 1. The lowest BCUT2D eigenvalue weighted by molar-refractivity contribution is -0.116. The van der Waals surface area contributed by atoms with Crippen LogP contribution in [0.4, 0.5) is 11.4 Å². The zero-order valence-electron chi connectivity index (χ0n) is 7.34. The molecule has 1 heterocycles. The first-order chi connectivity index (χ1) is 6.27. The Balaban J connectivity index is 2.46. The van der Waals surface area contributed by atoms with Crippen molar-refractivity contribution in [1.29, 1.82) is 0 Å². The molecule has 3 N–H and O–H groups in total. The summed E-state index contributed by atoms with van der Waals surface area (Å²) >= 11 is 0. The fourth-order valence-corrected chi connectivity index (χ4v) is 1.62. The first kappa shape index (κ1) is 8.10. The number of nitrogens with two attached hydrogens (primary N) is 1. The summed E-state index contributed by atoms with van der Waals surface area (Å²) < 4.78 is 0.